The van der Waals surface area contributed by atoms with Gasteiger partial charge in [-0.3, -0.25) is 4.79 Å². The van der Waals surface area contributed by atoms with Crippen molar-refractivity contribution in [2.45, 2.75) is 22.6 Å². The Morgan fingerprint density at radius 2 is 1.50 bits per heavy atom. The Bertz CT molecular complexity index is 770. The predicted octanol–water partition coefficient (Wildman–Crippen LogP) is 3.53. The number of benzene rings is 2. The summed E-state index contributed by atoms with van der Waals surface area (Å²) in [6.45, 7) is 1.65. The normalized spacial score (nSPS) is 16.6. The Morgan fingerprint density at radius 1 is 0.958 bits per heavy atom. The predicted molar refractivity (Wildman–Crippen MR) is 97.9 cm³/mol. The molecule has 2 aliphatic heterocycles. The summed E-state index contributed by atoms with van der Waals surface area (Å²) in [5, 5.41) is 0. The highest BCUT2D eigenvalue weighted by molar-refractivity contribution is 7.99. The van der Waals surface area contributed by atoms with Gasteiger partial charge in [0.25, 0.3) is 0 Å². The highest BCUT2D eigenvalue weighted by Gasteiger charge is 2.26. The molecule has 0 saturated carbocycles. The highest BCUT2D eigenvalue weighted by atomic mass is 32.2. The van der Waals surface area contributed by atoms with Gasteiger partial charge >= 0.3 is 0 Å². The maximum atomic E-state index is 11.8. The molecule has 0 aliphatic carbocycles. The molecule has 1 fully saturated rings. The zero-order chi connectivity index (χ0) is 16.5. The van der Waals surface area contributed by atoms with E-state index < -0.39 is 0 Å². The monoisotopic (exact) mass is 336 g/mol. The summed E-state index contributed by atoms with van der Waals surface area (Å²) in [7, 11) is 0. The van der Waals surface area contributed by atoms with E-state index in [9.17, 15) is 4.79 Å². The Kier molecular flexibility index (Phi) is 4.17. The Hall–Kier alpha value is -2.04. The number of carbonyl (C=O) groups is 1. The SMILES string of the molecule is NCC(=O)N1CCC(=C2c3ccccc3Sc3ccccc32)CC1. The van der Waals surface area contributed by atoms with Gasteiger partial charge in [0.1, 0.15) is 0 Å². The molecule has 0 aromatic heterocycles. The van der Waals surface area contributed by atoms with E-state index in [2.05, 4.69) is 48.5 Å². The summed E-state index contributed by atoms with van der Waals surface area (Å²) in [6, 6.07) is 17.3. The molecule has 122 valence electrons. The molecular formula is C20H20N2OS. The van der Waals surface area contributed by atoms with Gasteiger partial charge in [-0.25, -0.2) is 0 Å². The van der Waals surface area contributed by atoms with Crippen LogP contribution >= 0.6 is 11.8 Å². The van der Waals surface area contributed by atoms with Crippen LogP contribution in [-0.2, 0) is 4.79 Å². The fraction of sp³-hybridized carbons (Fsp3) is 0.250. The first-order valence-corrected chi connectivity index (χ1v) is 9.16. The van der Waals surface area contributed by atoms with Crippen molar-refractivity contribution in [3.05, 3.63) is 65.2 Å². The van der Waals surface area contributed by atoms with Gasteiger partial charge in [0, 0.05) is 22.9 Å². The van der Waals surface area contributed by atoms with Crippen LogP contribution in [0.25, 0.3) is 5.57 Å². The first kappa shape index (κ1) is 15.5. The van der Waals surface area contributed by atoms with E-state index in [0.29, 0.717) is 0 Å². The number of hydrogen-bond acceptors (Lipinski definition) is 3. The quantitative estimate of drug-likeness (QED) is 0.739. The molecule has 2 aliphatic rings. The summed E-state index contributed by atoms with van der Waals surface area (Å²) < 4.78 is 0. The molecule has 1 saturated heterocycles. The van der Waals surface area contributed by atoms with Crippen LogP contribution in [-0.4, -0.2) is 30.4 Å². The molecule has 24 heavy (non-hydrogen) atoms. The van der Waals surface area contributed by atoms with E-state index in [1.54, 1.807) is 0 Å². The zero-order valence-corrected chi connectivity index (χ0v) is 14.3. The van der Waals surface area contributed by atoms with E-state index in [1.807, 2.05) is 16.7 Å². The maximum Gasteiger partial charge on any atom is 0.236 e. The highest BCUT2D eigenvalue weighted by Crippen LogP contribution is 2.47. The number of likely N-dealkylation sites (tertiary alicyclic amines) is 1. The third kappa shape index (κ3) is 2.66. The van der Waals surface area contributed by atoms with Gasteiger partial charge in [0.05, 0.1) is 6.54 Å². The van der Waals surface area contributed by atoms with Crippen molar-refractivity contribution < 1.29 is 4.79 Å². The van der Waals surface area contributed by atoms with E-state index in [4.69, 9.17) is 5.73 Å². The van der Waals surface area contributed by atoms with E-state index in [0.717, 1.165) is 25.9 Å². The number of piperidine rings is 1. The van der Waals surface area contributed by atoms with Crippen LogP contribution in [0.1, 0.15) is 24.0 Å². The van der Waals surface area contributed by atoms with E-state index in [1.165, 1.54) is 32.1 Å². The van der Waals surface area contributed by atoms with E-state index >= 15 is 0 Å². The van der Waals surface area contributed by atoms with Crippen LogP contribution in [0.15, 0.2) is 63.9 Å². The second kappa shape index (κ2) is 6.46. The van der Waals surface area contributed by atoms with Crippen molar-refractivity contribution in [1.29, 1.82) is 0 Å². The third-order valence-electron chi connectivity index (χ3n) is 4.78. The van der Waals surface area contributed by atoms with Crippen molar-refractivity contribution in [3.8, 4) is 0 Å². The van der Waals surface area contributed by atoms with Crippen LogP contribution < -0.4 is 5.73 Å². The van der Waals surface area contributed by atoms with Crippen LogP contribution in [0.3, 0.4) is 0 Å². The second-order valence-corrected chi connectivity index (χ2v) is 7.24. The minimum absolute atomic E-state index is 0.0547. The van der Waals surface area contributed by atoms with Crippen molar-refractivity contribution in [1.82, 2.24) is 4.90 Å². The lowest BCUT2D eigenvalue weighted by Crippen LogP contribution is -2.40. The molecule has 1 amide bonds. The fourth-order valence-electron chi connectivity index (χ4n) is 3.57. The summed E-state index contributed by atoms with van der Waals surface area (Å²) in [5.41, 5.74) is 11.0. The van der Waals surface area contributed by atoms with Crippen LogP contribution in [0.5, 0.6) is 0 Å². The number of nitrogens with zero attached hydrogens (tertiary/aromatic N) is 1. The summed E-state index contributed by atoms with van der Waals surface area (Å²) in [4.78, 5) is 16.4. The van der Waals surface area contributed by atoms with Gasteiger partial charge < -0.3 is 10.6 Å². The van der Waals surface area contributed by atoms with Gasteiger partial charge in [-0.1, -0.05) is 53.7 Å². The second-order valence-electron chi connectivity index (χ2n) is 6.16. The number of rotatable bonds is 1. The minimum atomic E-state index is 0.0547. The van der Waals surface area contributed by atoms with Gasteiger partial charge in [0.15, 0.2) is 0 Å². The number of amides is 1. The lowest BCUT2D eigenvalue weighted by Gasteiger charge is -2.32. The Labute approximate surface area is 146 Å². The summed E-state index contributed by atoms with van der Waals surface area (Å²) in [6.07, 6.45) is 1.85. The molecule has 0 unspecified atom stereocenters. The first-order chi connectivity index (χ1) is 11.8. The largest absolute Gasteiger partial charge is 0.341 e. The average Bonchev–Trinajstić information content (AvgIpc) is 2.65. The third-order valence-corrected chi connectivity index (χ3v) is 5.93. The van der Waals surface area contributed by atoms with Gasteiger partial charge in [0.2, 0.25) is 5.91 Å². The van der Waals surface area contributed by atoms with Gasteiger partial charge in [-0.15, -0.1) is 0 Å². The summed E-state index contributed by atoms with van der Waals surface area (Å²) in [5.74, 6) is 0.0547. The molecule has 0 atom stereocenters. The van der Waals surface area contributed by atoms with Crippen LogP contribution in [0, 0.1) is 0 Å². The molecule has 2 aromatic rings. The molecule has 3 nitrogen and oxygen atoms in total. The van der Waals surface area contributed by atoms with Crippen molar-refractivity contribution in [3.63, 3.8) is 0 Å². The van der Waals surface area contributed by atoms with Crippen molar-refractivity contribution in [2.24, 2.45) is 5.73 Å². The van der Waals surface area contributed by atoms with Crippen LogP contribution in [0.4, 0.5) is 0 Å². The molecule has 4 rings (SSSR count). The van der Waals surface area contributed by atoms with Gasteiger partial charge in [-0.05, 0) is 41.7 Å². The number of carbonyl (C=O) groups excluding carboxylic acids is 1. The number of nitrogens with two attached hydrogens (primary N) is 1. The molecule has 4 heteroatoms. The van der Waals surface area contributed by atoms with Crippen LogP contribution in [0.2, 0.25) is 0 Å². The standard InChI is InChI=1S/C20H20N2OS/c21-13-19(23)22-11-9-14(10-12-22)20-15-5-1-3-7-17(15)24-18-8-4-2-6-16(18)20/h1-8H,9-13,21H2. The average molecular weight is 336 g/mol. The van der Waals surface area contributed by atoms with Gasteiger partial charge in [-0.2, -0.15) is 0 Å². The van der Waals surface area contributed by atoms with Crippen molar-refractivity contribution in [2.75, 3.05) is 19.6 Å². The lowest BCUT2D eigenvalue weighted by molar-refractivity contribution is -0.130. The smallest absolute Gasteiger partial charge is 0.236 e. The fourth-order valence-corrected chi connectivity index (χ4v) is 4.66. The molecule has 0 radical (unpaired) electrons. The molecule has 0 spiro atoms. The molecule has 2 N–H and O–H groups in total. The lowest BCUT2D eigenvalue weighted by atomic mass is 9.88. The maximum absolute atomic E-state index is 11.8. The summed E-state index contributed by atoms with van der Waals surface area (Å²) >= 11 is 1.84. The molecule has 2 heterocycles. The number of hydrogen-bond donors (Lipinski definition) is 1. The number of fused-ring (bicyclic) bond motifs is 2. The molecule has 2 aromatic carbocycles. The Morgan fingerprint density at radius 3 is 2.04 bits per heavy atom. The first-order valence-electron chi connectivity index (χ1n) is 8.34. The van der Waals surface area contributed by atoms with Crippen molar-refractivity contribution >= 4 is 23.2 Å². The topological polar surface area (TPSA) is 46.3 Å². The van der Waals surface area contributed by atoms with E-state index in [-0.39, 0.29) is 12.5 Å². The molecule has 0 bridgehead atoms. The minimum Gasteiger partial charge on any atom is -0.341 e. The zero-order valence-electron chi connectivity index (χ0n) is 13.5. The molecular weight excluding hydrogens is 316 g/mol. The Balaban J connectivity index is 1.77.